The highest BCUT2D eigenvalue weighted by Gasteiger charge is 2.17. The van der Waals surface area contributed by atoms with Gasteiger partial charge in [-0.2, -0.15) is 0 Å². The van der Waals surface area contributed by atoms with Crippen LogP contribution in [0.2, 0.25) is 0 Å². The van der Waals surface area contributed by atoms with Crippen LogP contribution in [0.5, 0.6) is 0 Å². The van der Waals surface area contributed by atoms with Crippen molar-refractivity contribution in [3.05, 3.63) is 164 Å². The minimum Gasteiger partial charge on any atom is -0.455 e. The van der Waals surface area contributed by atoms with Crippen LogP contribution in [0.15, 0.2) is 168 Å². The molecule has 0 fully saturated rings. The van der Waals surface area contributed by atoms with E-state index in [9.17, 15) is 0 Å². The summed E-state index contributed by atoms with van der Waals surface area (Å²) in [5.74, 6) is 0. The molecule has 2 aromatic heterocycles. The molecule has 0 spiro atoms. The predicted molar refractivity (Wildman–Crippen MR) is 192 cm³/mol. The van der Waals surface area contributed by atoms with Crippen molar-refractivity contribution in [2.45, 2.75) is 0 Å². The van der Waals surface area contributed by atoms with Crippen molar-refractivity contribution in [3.8, 4) is 22.3 Å². The predicted octanol–water partition coefficient (Wildman–Crippen LogP) is 12.8. The van der Waals surface area contributed by atoms with E-state index in [0.29, 0.717) is 0 Å². The number of thiophene rings is 1. The quantitative estimate of drug-likeness (QED) is 0.197. The topological polar surface area (TPSA) is 16.4 Å². The second-order valence-corrected chi connectivity index (χ2v) is 12.4. The molecule has 0 aliphatic rings. The van der Waals surface area contributed by atoms with E-state index in [0.717, 1.165) is 55.7 Å². The van der Waals surface area contributed by atoms with Crippen LogP contribution in [0, 0.1) is 0 Å². The molecule has 2 heterocycles. The van der Waals surface area contributed by atoms with Gasteiger partial charge in [0, 0.05) is 53.6 Å². The molecule has 7 aromatic carbocycles. The van der Waals surface area contributed by atoms with Gasteiger partial charge >= 0.3 is 0 Å². The number of rotatable bonds is 5. The van der Waals surface area contributed by atoms with E-state index < -0.39 is 0 Å². The first-order valence-corrected chi connectivity index (χ1v) is 16.0. The van der Waals surface area contributed by atoms with Gasteiger partial charge < -0.3 is 9.32 Å². The van der Waals surface area contributed by atoms with Crippen molar-refractivity contribution < 1.29 is 4.42 Å². The van der Waals surface area contributed by atoms with Gasteiger partial charge in [0.15, 0.2) is 0 Å². The Morgan fingerprint density at radius 3 is 1.89 bits per heavy atom. The van der Waals surface area contributed by atoms with Crippen LogP contribution >= 0.6 is 11.3 Å². The molecule has 0 bridgehead atoms. The van der Waals surface area contributed by atoms with Gasteiger partial charge in [-0.3, -0.25) is 0 Å². The van der Waals surface area contributed by atoms with Crippen molar-refractivity contribution in [3.63, 3.8) is 0 Å². The molecule has 9 rings (SSSR count). The fourth-order valence-corrected chi connectivity index (χ4v) is 7.74. The first-order chi connectivity index (χ1) is 22.3. The largest absolute Gasteiger partial charge is 0.455 e. The fourth-order valence-electron chi connectivity index (χ4n) is 6.60. The maximum absolute atomic E-state index is 6.42. The number of anilines is 3. The summed E-state index contributed by atoms with van der Waals surface area (Å²) in [6.45, 7) is 0. The Labute approximate surface area is 265 Å². The minimum absolute atomic E-state index is 0.914. The summed E-state index contributed by atoms with van der Waals surface area (Å²) in [4.78, 5) is 2.34. The lowest BCUT2D eigenvalue weighted by molar-refractivity contribution is 0.670. The number of furan rings is 1. The monoisotopic (exact) mass is 593 g/mol. The van der Waals surface area contributed by atoms with Crippen LogP contribution in [-0.2, 0) is 0 Å². The van der Waals surface area contributed by atoms with E-state index in [-0.39, 0.29) is 0 Å². The molecule has 0 N–H and O–H groups in total. The molecule has 0 saturated heterocycles. The van der Waals surface area contributed by atoms with Crippen LogP contribution in [0.3, 0.4) is 0 Å². The molecule has 212 valence electrons. The Morgan fingerprint density at radius 2 is 1.02 bits per heavy atom. The summed E-state index contributed by atoms with van der Waals surface area (Å²) in [6.07, 6.45) is 0. The van der Waals surface area contributed by atoms with E-state index >= 15 is 0 Å². The smallest absolute Gasteiger partial charge is 0.143 e. The van der Waals surface area contributed by atoms with Crippen LogP contribution in [-0.4, -0.2) is 0 Å². The molecule has 0 unspecified atom stereocenters. The van der Waals surface area contributed by atoms with Crippen LogP contribution in [0.1, 0.15) is 0 Å². The SMILES string of the molecule is c1ccc(N(c2ccc(-c3ccccc3-c3cccc4c3oc3ccccc34)cc2)c2ccc3c(c2)sc2ccccc23)cc1. The van der Waals surface area contributed by atoms with Gasteiger partial charge in [-0.05, 0) is 65.2 Å². The third-order valence-electron chi connectivity index (χ3n) is 8.69. The van der Waals surface area contributed by atoms with E-state index in [4.69, 9.17) is 4.42 Å². The average Bonchev–Trinajstić information content (AvgIpc) is 3.67. The molecule has 3 heteroatoms. The number of para-hydroxylation sites is 3. The van der Waals surface area contributed by atoms with Gasteiger partial charge in [-0.15, -0.1) is 11.3 Å². The summed E-state index contributed by atoms with van der Waals surface area (Å²) in [5.41, 5.74) is 9.82. The summed E-state index contributed by atoms with van der Waals surface area (Å²) in [7, 11) is 0. The Bertz CT molecular complexity index is 2490. The van der Waals surface area contributed by atoms with Gasteiger partial charge in [0.05, 0.1) is 0 Å². The van der Waals surface area contributed by atoms with E-state index in [1.165, 1.54) is 25.7 Å². The van der Waals surface area contributed by atoms with Gasteiger partial charge in [-0.1, -0.05) is 115 Å². The molecule has 0 amide bonds. The highest BCUT2D eigenvalue weighted by atomic mass is 32.1. The number of fused-ring (bicyclic) bond motifs is 6. The zero-order chi connectivity index (χ0) is 29.7. The molecule has 0 aliphatic heterocycles. The lowest BCUT2D eigenvalue weighted by atomic mass is 9.93. The van der Waals surface area contributed by atoms with Crippen LogP contribution < -0.4 is 4.90 Å². The fraction of sp³-hybridized carbons (Fsp3) is 0. The first-order valence-electron chi connectivity index (χ1n) is 15.2. The third-order valence-corrected chi connectivity index (χ3v) is 9.83. The Morgan fingerprint density at radius 1 is 0.400 bits per heavy atom. The highest BCUT2D eigenvalue weighted by molar-refractivity contribution is 7.25. The first kappa shape index (κ1) is 25.8. The maximum Gasteiger partial charge on any atom is 0.143 e. The minimum atomic E-state index is 0.914. The Balaban J connectivity index is 1.15. The van der Waals surface area contributed by atoms with Crippen LogP contribution in [0.25, 0.3) is 64.4 Å². The lowest BCUT2D eigenvalue weighted by Gasteiger charge is -2.26. The Hall–Kier alpha value is -5.64. The van der Waals surface area contributed by atoms with Gasteiger partial charge in [0.2, 0.25) is 0 Å². The summed E-state index contributed by atoms with van der Waals surface area (Å²) >= 11 is 1.85. The van der Waals surface area contributed by atoms with Gasteiger partial charge in [0.25, 0.3) is 0 Å². The van der Waals surface area contributed by atoms with Crippen LogP contribution in [0.4, 0.5) is 17.1 Å². The highest BCUT2D eigenvalue weighted by Crippen LogP contribution is 2.43. The zero-order valence-electron chi connectivity index (χ0n) is 24.4. The standard InChI is InChI=1S/C42H27NOS/c1-2-11-29(12-3-1)43(31-25-26-36-35-16-7-9-20-40(35)45-41(36)27-31)30-23-21-28(22-24-30)32-13-4-5-14-33(32)37-17-10-18-38-34-15-6-8-19-39(34)44-42(37)38/h1-27H. The number of hydrogen-bond donors (Lipinski definition) is 0. The van der Waals surface area contributed by atoms with Crippen molar-refractivity contribution in [2.75, 3.05) is 4.90 Å². The maximum atomic E-state index is 6.42. The second-order valence-electron chi connectivity index (χ2n) is 11.3. The second kappa shape index (κ2) is 10.5. The number of nitrogens with zero attached hydrogens (tertiary/aromatic N) is 1. The van der Waals surface area contributed by atoms with E-state index in [1.54, 1.807) is 0 Å². The third kappa shape index (κ3) is 4.32. The van der Waals surface area contributed by atoms with Gasteiger partial charge in [0.1, 0.15) is 11.2 Å². The normalized spacial score (nSPS) is 11.6. The average molecular weight is 594 g/mol. The van der Waals surface area contributed by atoms with Crippen molar-refractivity contribution in [1.29, 1.82) is 0 Å². The molecular weight excluding hydrogens is 567 g/mol. The molecule has 2 nitrogen and oxygen atoms in total. The van der Waals surface area contributed by atoms with Crippen molar-refractivity contribution in [2.24, 2.45) is 0 Å². The van der Waals surface area contributed by atoms with E-state index in [1.807, 2.05) is 23.5 Å². The Kier molecular flexibility index (Phi) is 6.03. The molecule has 0 saturated carbocycles. The molecule has 0 atom stereocenters. The molecular formula is C42H27NOS. The molecule has 0 aliphatic carbocycles. The molecule has 9 aromatic rings. The van der Waals surface area contributed by atoms with Crippen molar-refractivity contribution >= 4 is 70.5 Å². The number of hydrogen-bond acceptors (Lipinski definition) is 3. The van der Waals surface area contributed by atoms with Crippen molar-refractivity contribution in [1.82, 2.24) is 0 Å². The van der Waals surface area contributed by atoms with E-state index in [2.05, 4.69) is 157 Å². The number of benzene rings is 7. The van der Waals surface area contributed by atoms with Gasteiger partial charge in [-0.25, -0.2) is 0 Å². The molecule has 0 radical (unpaired) electrons. The zero-order valence-corrected chi connectivity index (χ0v) is 25.2. The molecule has 45 heavy (non-hydrogen) atoms. The summed E-state index contributed by atoms with van der Waals surface area (Å²) in [6, 6.07) is 58.4. The summed E-state index contributed by atoms with van der Waals surface area (Å²) < 4.78 is 9.03. The lowest BCUT2D eigenvalue weighted by Crippen LogP contribution is -2.09. The summed E-state index contributed by atoms with van der Waals surface area (Å²) in [5, 5.41) is 4.91.